The van der Waals surface area contributed by atoms with Crippen molar-refractivity contribution in [2.45, 2.75) is 45.4 Å². The van der Waals surface area contributed by atoms with Gasteiger partial charge >= 0.3 is 0 Å². The Balaban J connectivity index is 1.32. The molecule has 6 nitrogen and oxygen atoms in total. The molecule has 0 N–H and O–H groups in total. The summed E-state index contributed by atoms with van der Waals surface area (Å²) in [5.74, 6) is 1.00. The van der Waals surface area contributed by atoms with Gasteiger partial charge < -0.3 is 9.09 Å². The van der Waals surface area contributed by atoms with Gasteiger partial charge in [0.2, 0.25) is 0 Å². The zero-order valence-corrected chi connectivity index (χ0v) is 18.4. The molecule has 7 heteroatoms. The number of piperidine rings is 1. The standard InChI is InChI=1S/C23H28N4O2S/c1-16-6-8-30-22(16)15-26-10-17-9-19(13-26)21-4-3-18(23(28)27(21)11-17)12-25(2)14-20-5-7-29-24-20/h3-8,17,19H,9-15H2,1-2H3/t17-,19+/m0/s1. The Hall–Kier alpha value is -2.22. The van der Waals surface area contributed by atoms with Crippen LogP contribution in [0.25, 0.3) is 0 Å². The van der Waals surface area contributed by atoms with Crippen LogP contribution in [0.3, 0.4) is 0 Å². The summed E-state index contributed by atoms with van der Waals surface area (Å²) in [7, 11) is 2.01. The molecule has 3 aromatic heterocycles. The van der Waals surface area contributed by atoms with Crippen molar-refractivity contribution in [3.63, 3.8) is 0 Å². The quantitative estimate of drug-likeness (QED) is 0.607. The topological polar surface area (TPSA) is 54.5 Å². The van der Waals surface area contributed by atoms with Gasteiger partial charge in [0, 0.05) is 67.4 Å². The van der Waals surface area contributed by atoms with Crippen LogP contribution in [-0.2, 0) is 26.2 Å². The fraction of sp³-hybridized carbons (Fsp3) is 0.478. The van der Waals surface area contributed by atoms with Gasteiger partial charge in [-0.15, -0.1) is 11.3 Å². The van der Waals surface area contributed by atoms with Gasteiger partial charge in [-0.05, 0) is 49.4 Å². The van der Waals surface area contributed by atoms with Crippen molar-refractivity contribution < 1.29 is 4.52 Å². The van der Waals surface area contributed by atoms with Gasteiger partial charge in [0.05, 0.1) is 5.69 Å². The van der Waals surface area contributed by atoms with Crippen LogP contribution < -0.4 is 5.56 Å². The third-order valence-electron chi connectivity index (χ3n) is 6.46. The van der Waals surface area contributed by atoms with E-state index in [9.17, 15) is 4.79 Å². The molecule has 2 atom stereocenters. The van der Waals surface area contributed by atoms with E-state index in [0.29, 0.717) is 24.9 Å². The zero-order chi connectivity index (χ0) is 20.7. The van der Waals surface area contributed by atoms with Crippen LogP contribution in [0, 0.1) is 12.8 Å². The van der Waals surface area contributed by atoms with Crippen LogP contribution in [0.4, 0.5) is 0 Å². The largest absolute Gasteiger partial charge is 0.364 e. The average molecular weight is 425 g/mol. The Morgan fingerprint density at radius 1 is 1.20 bits per heavy atom. The third-order valence-corrected chi connectivity index (χ3v) is 7.47. The molecule has 0 aliphatic carbocycles. The number of nitrogens with zero attached hydrogens (tertiary/aromatic N) is 4. The highest BCUT2D eigenvalue weighted by atomic mass is 32.1. The second-order valence-electron chi connectivity index (χ2n) is 8.88. The number of aryl methyl sites for hydroxylation is 1. The van der Waals surface area contributed by atoms with Crippen molar-refractivity contribution in [2.24, 2.45) is 5.92 Å². The van der Waals surface area contributed by atoms with Crippen molar-refractivity contribution in [3.8, 4) is 0 Å². The number of thiophene rings is 1. The molecule has 30 heavy (non-hydrogen) atoms. The second-order valence-corrected chi connectivity index (χ2v) is 9.88. The SMILES string of the molecule is Cc1ccsc1CN1C[C@@H]2C[C@H](C1)c1ccc(CN(C)Cc3ccon3)c(=O)n1C2. The Kier molecular flexibility index (Phi) is 5.35. The van der Waals surface area contributed by atoms with Gasteiger partial charge in [0.15, 0.2) is 0 Å². The first-order valence-corrected chi connectivity index (χ1v) is 11.5. The molecular formula is C23H28N4O2S. The first-order chi connectivity index (χ1) is 14.6. The summed E-state index contributed by atoms with van der Waals surface area (Å²) in [5, 5.41) is 6.15. The maximum atomic E-state index is 13.3. The van der Waals surface area contributed by atoms with E-state index in [-0.39, 0.29) is 5.56 Å². The molecule has 0 radical (unpaired) electrons. The zero-order valence-electron chi connectivity index (χ0n) is 17.6. The number of hydrogen-bond acceptors (Lipinski definition) is 6. The molecule has 5 rings (SSSR count). The van der Waals surface area contributed by atoms with Crippen LogP contribution >= 0.6 is 11.3 Å². The minimum Gasteiger partial charge on any atom is -0.364 e. The van der Waals surface area contributed by atoms with Gasteiger partial charge in [-0.3, -0.25) is 14.6 Å². The van der Waals surface area contributed by atoms with Gasteiger partial charge in [-0.25, -0.2) is 0 Å². The van der Waals surface area contributed by atoms with Crippen molar-refractivity contribution in [2.75, 3.05) is 20.1 Å². The number of likely N-dealkylation sites (tertiary alicyclic amines) is 1. The van der Waals surface area contributed by atoms with Crippen LogP contribution in [0.15, 0.2) is 45.2 Å². The lowest BCUT2D eigenvalue weighted by molar-refractivity contribution is 0.115. The molecule has 5 heterocycles. The molecule has 0 saturated carbocycles. The van der Waals surface area contributed by atoms with Gasteiger partial charge in [0.1, 0.15) is 6.26 Å². The summed E-state index contributed by atoms with van der Waals surface area (Å²) >= 11 is 1.86. The lowest BCUT2D eigenvalue weighted by Crippen LogP contribution is -2.47. The molecule has 158 valence electrons. The molecule has 0 amide bonds. The van der Waals surface area contributed by atoms with Crippen LogP contribution in [0.1, 0.15) is 39.7 Å². The molecule has 1 fully saturated rings. The highest BCUT2D eigenvalue weighted by Gasteiger charge is 2.35. The average Bonchev–Trinajstić information content (AvgIpc) is 3.36. The number of rotatable bonds is 6. The minimum absolute atomic E-state index is 0.178. The Bertz CT molecular complexity index is 1070. The lowest BCUT2D eigenvalue weighted by Gasteiger charge is -2.43. The molecule has 3 aromatic rings. The summed E-state index contributed by atoms with van der Waals surface area (Å²) in [5.41, 5.74) is 4.53. The molecular weight excluding hydrogens is 396 g/mol. The van der Waals surface area contributed by atoms with E-state index in [1.54, 1.807) is 6.26 Å². The van der Waals surface area contributed by atoms with Crippen molar-refractivity contribution in [1.29, 1.82) is 0 Å². The molecule has 0 spiro atoms. The monoisotopic (exact) mass is 424 g/mol. The van der Waals surface area contributed by atoms with Crippen molar-refractivity contribution >= 4 is 11.3 Å². The predicted molar refractivity (Wildman–Crippen MR) is 118 cm³/mol. The van der Waals surface area contributed by atoms with Crippen LogP contribution in [0.2, 0.25) is 0 Å². The maximum absolute atomic E-state index is 13.3. The normalized spacial score (nSPS) is 21.2. The lowest BCUT2D eigenvalue weighted by atomic mass is 9.83. The van der Waals surface area contributed by atoms with E-state index in [2.05, 4.69) is 44.0 Å². The predicted octanol–water partition coefficient (Wildman–Crippen LogP) is 3.46. The fourth-order valence-corrected chi connectivity index (χ4v) is 6.00. The minimum atomic E-state index is 0.178. The maximum Gasteiger partial charge on any atom is 0.255 e. The van der Waals surface area contributed by atoms with Gasteiger partial charge in [-0.1, -0.05) is 11.2 Å². The smallest absolute Gasteiger partial charge is 0.255 e. The van der Waals surface area contributed by atoms with E-state index in [4.69, 9.17) is 4.52 Å². The molecule has 0 aromatic carbocycles. The molecule has 2 aliphatic rings. The van der Waals surface area contributed by atoms with Crippen molar-refractivity contribution in [3.05, 3.63) is 73.7 Å². The van der Waals surface area contributed by atoms with E-state index in [1.165, 1.54) is 22.6 Å². The second kappa shape index (κ2) is 8.13. The summed E-state index contributed by atoms with van der Waals surface area (Å²) in [4.78, 5) is 19.4. The number of hydrogen-bond donors (Lipinski definition) is 0. The summed E-state index contributed by atoms with van der Waals surface area (Å²) < 4.78 is 6.97. The molecule has 2 bridgehead atoms. The Morgan fingerprint density at radius 2 is 2.10 bits per heavy atom. The summed E-state index contributed by atoms with van der Waals surface area (Å²) in [6.07, 6.45) is 2.78. The van der Waals surface area contributed by atoms with Crippen LogP contribution in [0.5, 0.6) is 0 Å². The van der Waals surface area contributed by atoms with E-state index in [0.717, 1.165) is 37.4 Å². The van der Waals surface area contributed by atoms with Crippen molar-refractivity contribution in [1.82, 2.24) is 19.5 Å². The Labute approximate surface area is 180 Å². The summed E-state index contributed by atoms with van der Waals surface area (Å²) in [6.45, 7) is 7.48. The summed E-state index contributed by atoms with van der Waals surface area (Å²) in [6, 6.07) is 8.30. The molecule has 0 unspecified atom stereocenters. The first-order valence-electron chi connectivity index (χ1n) is 10.6. The van der Waals surface area contributed by atoms with E-state index >= 15 is 0 Å². The number of pyridine rings is 1. The third kappa shape index (κ3) is 3.89. The van der Waals surface area contributed by atoms with Gasteiger partial charge in [0.25, 0.3) is 5.56 Å². The Morgan fingerprint density at radius 3 is 2.87 bits per heavy atom. The van der Waals surface area contributed by atoms with Crippen LogP contribution in [-0.4, -0.2) is 39.7 Å². The van der Waals surface area contributed by atoms with E-state index < -0.39 is 0 Å². The highest BCUT2D eigenvalue weighted by Crippen LogP contribution is 2.36. The first kappa shape index (κ1) is 19.7. The highest BCUT2D eigenvalue weighted by molar-refractivity contribution is 7.10. The fourth-order valence-electron chi connectivity index (χ4n) is 5.05. The van der Waals surface area contributed by atoms with Gasteiger partial charge in [-0.2, -0.15) is 0 Å². The number of aromatic nitrogens is 2. The van der Waals surface area contributed by atoms with E-state index in [1.807, 2.05) is 30.5 Å². The molecule has 2 aliphatic heterocycles. The number of fused-ring (bicyclic) bond motifs is 4. The molecule has 1 saturated heterocycles.